The average molecular weight is 576 g/mol. The molecule has 206 valence electrons. The van der Waals surface area contributed by atoms with Crippen molar-refractivity contribution >= 4 is 54.1 Å². The number of benzene rings is 2. The van der Waals surface area contributed by atoms with Crippen molar-refractivity contribution in [2.24, 2.45) is 0 Å². The summed E-state index contributed by atoms with van der Waals surface area (Å²) in [5, 5.41) is 12.8. The molecule has 1 amide bonds. The van der Waals surface area contributed by atoms with Crippen LogP contribution in [0.5, 0.6) is 11.5 Å². The SMILES string of the molecule is Cc1cc(/C=C/c2cc(OC(F)(F)F)ccc2O)n2c1C(c1ccc(NC(=O)CCl)cc1)=C1C=CC=[N+]1[B-]2(F)F. The summed E-state index contributed by atoms with van der Waals surface area (Å²) in [5.74, 6) is -1.53. The number of ether oxygens (including phenoxy) is 1. The third kappa shape index (κ3) is 5.02. The molecule has 0 saturated carbocycles. The Bertz CT molecular complexity index is 1640. The van der Waals surface area contributed by atoms with Crippen LogP contribution in [0.15, 0.2) is 66.4 Å². The lowest BCUT2D eigenvalue weighted by molar-refractivity contribution is -0.356. The second kappa shape index (κ2) is 10.0. The Labute approximate surface area is 230 Å². The normalized spacial score (nSPS) is 15.7. The fourth-order valence-electron chi connectivity index (χ4n) is 4.82. The van der Waals surface area contributed by atoms with Crippen LogP contribution < -0.4 is 10.1 Å². The number of fused-ring (bicyclic) bond motifs is 2. The maximum Gasteiger partial charge on any atom is 0.737 e. The predicted molar refractivity (Wildman–Crippen MR) is 144 cm³/mol. The highest BCUT2D eigenvalue weighted by atomic mass is 35.5. The van der Waals surface area contributed by atoms with Gasteiger partial charge >= 0.3 is 13.3 Å². The first-order valence-electron chi connectivity index (χ1n) is 11.9. The summed E-state index contributed by atoms with van der Waals surface area (Å²) >= 11 is 5.55. The summed E-state index contributed by atoms with van der Waals surface area (Å²) < 4.78 is 75.6. The van der Waals surface area contributed by atoms with E-state index in [1.807, 2.05) is 0 Å². The number of nitrogens with one attached hydrogen (secondary N) is 1. The van der Waals surface area contributed by atoms with Gasteiger partial charge in [0.25, 0.3) is 0 Å². The molecule has 0 aliphatic carbocycles. The molecule has 0 atom stereocenters. The zero-order valence-corrected chi connectivity index (χ0v) is 21.5. The molecule has 2 aliphatic heterocycles. The number of alkyl halides is 4. The molecule has 0 spiro atoms. The summed E-state index contributed by atoms with van der Waals surface area (Å²) in [6, 6.07) is 11.1. The molecule has 0 bridgehead atoms. The van der Waals surface area contributed by atoms with E-state index in [9.17, 15) is 23.1 Å². The van der Waals surface area contributed by atoms with Gasteiger partial charge in [0.2, 0.25) is 5.91 Å². The van der Waals surface area contributed by atoms with Gasteiger partial charge in [0.1, 0.15) is 23.6 Å². The molecule has 2 aliphatic rings. The molecule has 2 N–H and O–H groups in total. The van der Waals surface area contributed by atoms with Crippen LogP contribution in [0.2, 0.25) is 0 Å². The summed E-state index contributed by atoms with van der Waals surface area (Å²) in [6.07, 6.45) is 1.99. The molecule has 3 aromatic rings. The topological polar surface area (TPSA) is 66.5 Å². The van der Waals surface area contributed by atoms with Crippen LogP contribution in [0.1, 0.15) is 28.1 Å². The molecule has 0 saturated heterocycles. The number of rotatable bonds is 6. The van der Waals surface area contributed by atoms with Crippen molar-refractivity contribution < 1.29 is 40.9 Å². The molecule has 0 fully saturated rings. The van der Waals surface area contributed by atoms with Crippen LogP contribution in [0.3, 0.4) is 0 Å². The number of allylic oxidation sites excluding steroid dienone is 2. The van der Waals surface area contributed by atoms with E-state index in [1.54, 1.807) is 37.3 Å². The lowest BCUT2D eigenvalue weighted by Gasteiger charge is -2.32. The van der Waals surface area contributed by atoms with Gasteiger partial charge in [0, 0.05) is 34.8 Å². The lowest BCUT2D eigenvalue weighted by Crippen LogP contribution is -2.50. The monoisotopic (exact) mass is 575 g/mol. The first kappa shape index (κ1) is 27.3. The fourth-order valence-corrected chi connectivity index (χ4v) is 4.89. The van der Waals surface area contributed by atoms with Crippen molar-refractivity contribution in [1.29, 1.82) is 0 Å². The van der Waals surface area contributed by atoms with E-state index in [0.717, 1.165) is 27.2 Å². The number of hydrogen-bond donors (Lipinski definition) is 2. The zero-order valence-electron chi connectivity index (χ0n) is 20.7. The standard InChI is InChI=1S/C27H20BClF5N3O3/c1-16-13-20(9-6-18-14-21(10-11-23(18)38)40-27(30,31)32)37-26(16)25(22-3-2-12-36(22)28(37,33)34)17-4-7-19(8-5-17)35-24(39)15-29/h2-14,38H,15H2,1H3,(H,35,39)/b9-6+. The number of amides is 1. The van der Waals surface area contributed by atoms with Crippen LogP contribution in [0, 0.1) is 6.92 Å². The number of carbonyl (C=O) groups is 1. The quantitative estimate of drug-likeness (QED) is 0.203. The highest BCUT2D eigenvalue weighted by Crippen LogP contribution is 2.42. The second-order valence-electron chi connectivity index (χ2n) is 9.10. The minimum atomic E-state index is -4.94. The van der Waals surface area contributed by atoms with E-state index in [1.165, 1.54) is 30.5 Å². The Morgan fingerprint density at radius 3 is 2.55 bits per heavy atom. The van der Waals surface area contributed by atoms with Crippen LogP contribution in [0.25, 0.3) is 17.7 Å². The maximum absolute atomic E-state index is 16.0. The summed E-state index contributed by atoms with van der Waals surface area (Å²) in [6.45, 7) is -2.68. The number of aryl methyl sites for hydroxylation is 1. The number of anilines is 1. The molecule has 13 heteroatoms. The van der Waals surface area contributed by atoms with Gasteiger partial charge in [0.15, 0.2) is 5.70 Å². The van der Waals surface area contributed by atoms with E-state index in [-0.39, 0.29) is 28.6 Å². The second-order valence-corrected chi connectivity index (χ2v) is 9.36. The number of aromatic hydroxyl groups is 1. The van der Waals surface area contributed by atoms with Crippen LogP contribution in [-0.2, 0) is 4.79 Å². The van der Waals surface area contributed by atoms with Gasteiger partial charge in [-0.05, 0) is 66.6 Å². The Morgan fingerprint density at radius 2 is 1.88 bits per heavy atom. The molecular formula is C27H20BClF5N3O3. The number of nitrogens with zero attached hydrogens (tertiary/aromatic N) is 2. The number of carbonyl (C=O) groups excluding carboxylic acids is 1. The zero-order chi connectivity index (χ0) is 28.8. The van der Waals surface area contributed by atoms with E-state index in [0.29, 0.717) is 28.1 Å². The van der Waals surface area contributed by atoms with E-state index in [4.69, 9.17) is 11.6 Å². The Balaban J connectivity index is 1.59. The van der Waals surface area contributed by atoms with E-state index in [2.05, 4.69) is 10.1 Å². The predicted octanol–water partition coefficient (Wildman–Crippen LogP) is 6.40. The minimum Gasteiger partial charge on any atom is -0.507 e. The van der Waals surface area contributed by atoms with Crippen molar-refractivity contribution in [3.05, 3.63) is 94.5 Å². The average Bonchev–Trinajstić information content (AvgIpc) is 3.51. The molecule has 6 nitrogen and oxygen atoms in total. The minimum absolute atomic E-state index is 0.0537. The van der Waals surface area contributed by atoms with Crippen LogP contribution in [-0.4, -0.2) is 45.4 Å². The third-order valence-corrected chi connectivity index (χ3v) is 6.66. The first-order chi connectivity index (χ1) is 18.9. The van der Waals surface area contributed by atoms with Crippen LogP contribution >= 0.6 is 11.6 Å². The molecule has 0 unspecified atom stereocenters. The van der Waals surface area contributed by atoms with Gasteiger partial charge < -0.3 is 32.8 Å². The summed E-state index contributed by atoms with van der Waals surface area (Å²) in [7, 11) is 0. The molecule has 3 heterocycles. The Kier molecular flexibility index (Phi) is 6.83. The number of phenolic OH excluding ortho intramolecular Hbond substituents is 1. The van der Waals surface area contributed by atoms with Gasteiger partial charge in [-0.25, -0.2) is 0 Å². The van der Waals surface area contributed by atoms with Gasteiger partial charge in [-0.15, -0.1) is 24.8 Å². The number of phenols is 1. The Hall–Kier alpha value is -4.32. The molecular weight excluding hydrogens is 556 g/mol. The first-order valence-corrected chi connectivity index (χ1v) is 12.4. The maximum atomic E-state index is 16.0. The van der Waals surface area contributed by atoms with Crippen molar-refractivity contribution in [3.8, 4) is 11.5 Å². The summed E-state index contributed by atoms with van der Waals surface area (Å²) in [5.41, 5.74) is 2.72. The molecule has 40 heavy (non-hydrogen) atoms. The highest BCUT2D eigenvalue weighted by molar-refractivity contribution is 6.58. The van der Waals surface area contributed by atoms with Gasteiger partial charge in [-0.2, -0.15) is 0 Å². The molecule has 5 rings (SSSR count). The van der Waals surface area contributed by atoms with Gasteiger partial charge in [0.05, 0.1) is 5.57 Å². The van der Waals surface area contributed by atoms with Crippen LogP contribution in [0.4, 0.5) is 27.5 Å². The van der Waals surface area contributed by atoms with E-state index >= 15 is 8.63 Å². The molecule has 1 aromatic heterocycles. The van der Waals surface area contributed by atoms with Crippen molar-refractivity contribution in [2.75, 3.05) is 11.2 Å². The number of aromatic nitrogens is 1. The lowest BCUT2D eigenvalue weighted by atomic mass is 9.85. The third-order valence-electron chi connectivity index (χ3n) is 6.42. The number of halogens is 6. The Morgan fingerprint density at radius 1 is 1.15 bits per heavy atom. The molecule has 2 aromatic carbocycles. The van der Waals surface area contributed by atoms with E-state index < -0.39 is 25.0 Å². The molecule has 0 radical (unpaired) electrons. The van der Waals surface area contributed by atoms with Gasteiger partial charge in [-0.3, -0.25) is 4.79 Å². The highest BCUT2D eigenvalue weighted by Gasteiger charge is 2.53. The fraction of sp³-hybridized carbons (Fsp3) is 0.111. The van der Waals surface area contributed by atoms with Crippen molar-refractivity contribution in [3.63, 3.8) is 0 Å². The number of hydrogen-bond acceptors (Lipinski definition) is 3. The smallest absolute Gasteiger partial charge is 0.507 e. The summed E-state index contributed by atoms with van der Waals surface area (Å²) in [4.78, 5) is 11.6. The van der Waals surface area contributed by atoms with Gasteiger partial charge in [-0.1, -0.05) is 12.1 Å². The largest absolute Gasteiger partial charge is 0.737 e. The van der Waals surface area contributed by atoms with Crippen molar-refractivity contribution in [2.45, 2.75) is 13.3 Å². The van der Waals surface area contributed by atoms with Crippen molar-refractivity contribution in [1.82, 2.24) is 4.48 Å².